The van der Waals surface area contributed by atoms with E-state index in [-0.39, 0.29) is 11.8 Å². The summed E-state index contributed by atoms with van der Waals surface area (Å²) in [5.74, 6) is 0.902. The Morgan fingerprint density at radius 2 is 1.82 bits per heavy atom. The molecule has 0 bridgehead atoms. The van der Waals surface area contributed by atoms with Crippen LogP contribution in [0.25, 0.3) is 0 Å². The van der Waals surface area contributed by atoms with Gasteiger partial charge in [-0.1, -0.05) is 49.4 Å². The molecule has 1 amide bonds. The fraction of sp³-hybridized carbons (Fsp3) is 0.316. The summed E-state index contributed by atoms with van der Waals surface area (Å²) < 4.78 is 5.68. The minimum atomic E-state index is -0.509. The molecule has 0 fully saturated rings. The zero-order chi connectivity index (χ0) is 15.9. The second-order valence-electron chi connectivity index (χ2n) is 5.63. The van der Waals surface area contributed by atoms with Gasteiger partial charge >= 0.3 is 0 Å². The first-order valence-corrected chi connectivity index (χ1v) is 7.62. The molecular formula is C19H23NO2. The third-order valence-electron chi connectivity index (χ3n) is 3.62. The summed E-state index contributed by atoms with van der Waals surface area (Å²) in [4.78, 5) is 12.1. The van der Waals surface area contributed by atoms with Crippen molar-refractivity contribution in [2.75, 3.05) is 6.54 Å². The van der Waals surface area contributed by atoms with E-state index in [2.05, 4.69) is 24.4 Å². The molecule has 3 heteroatoms. The zero-order valence-electron chi connectivity index (χ0n) is 13.4. The van der Waals surface area contributed by atoms with Crippen LogP contribution in [-0.4, -0.2) is 18.6 Å². The van der Waals surface area contributed by atoms with Gasteiger partial charge in [0.15, 0.2) is 6.10 Å². The van der Waals surface area contributed by atoms with Crippen LogP contribution in [-0.2, 0) is 4.79 Å². The molecule has 116 valence electrons. The average Bonchev–Trinajstić information content (AvgIpc) is 2.53. The van der Waals surface area contributed by atoms with Crippen LogP contribution in [0, 0.1) is 6.92 Å². The van der Waals surface area contributed by atoms with Gasteiger partial charge in [-0.25, -0.2) is 0 Å². The van der Waals surface area contributed by atoms with Gasteiger partial charge in [0.25, 0.3) is 5.91 Å². The van der Waals surface area contributed by atoms with Crippen LogP contribution in [0.4, 0.5) is 0 Å². The lowest BCUT2D eigenvalue weighted by atomic mass is 10.0. The van der Waals surface area contributed by atoms with Crippen molar-refractivity contribution in [2.24, 2.45) is 0 Å². The van der Waals surface area contributed by atoms with Crippen LogP contribution in [0.2, 0.25) is 0 Å². The Morgan fingerprint density at radius 3 is 2.50 bits per heavy atom. The Balaban J connectivity index is 1.84. The summed E-state index contributed by atoms with van der Waals surface area (Å²) in [6, 6.07) is 17.9. The molecule has 3 nitrogen and oxygen atoms in total. The molecule has 0 radical (unpaired) electrons. The summed E-state index contributed by atoms with van der Waals surface area (Å²) in [5, 5.41) is 2.95. The highest BCUT2D eigenvalue weighted by Crippen LogP contribution is 2.15. The van der Waals surface area contributed by atoms with E-state index in [0.717, 1.165) is 11.3 Å². The summed E-state index contributed by atoms with van der Waals surface area (Å²) >= 11 is 0. The van der Waals surface area contributed by atoms with Gasteiger partial charge in [0.1, 0.15) is 5.75 Å². The maximum atomic E-state index is 12.1. The predicted octanol–water partition coefficient (Wildman–Crippen LogP) is 3.68. The highest BCUT2D eigenvalue weighted by molar-refractivity contribution is 5.80. The van der Waals surface area contributed by atoms with Crippen molar-refractivity contribution in [3.63, 3.8) is 0 Å². The van der Waals surface area contributed by atoms with Crippen LogP contribution in [0.1, 0.15) is 30.9 Å². The number of nitrogens with one attached hydrogen (secondary N) is 1. The molecule has 0 aromatic heterocycles. The van der Waals surface area contributed by atoms with E-state index in [9.17, 15) is 4.79 Å². The Hall–Kier alpha value is -2.29. The van der Waals surface area contributed by atoms with Crippen LogP contribution in [0.5, 0.6) is 5.75 Å². The normalized spacial score (nSPS) is 13.2. The first kappa shape index (κ1) is 16.1. The van der Waals surface area contributed by atoms with Crippen LogP contribution in [0.3, 0.4) is 0 Å². The van der Waals surface area contributed by atoms with Gasteiger partial charge in [-0.15, -0.1) is 0 Å². The number of ether oxygens (including phenoxy) is 1. The van der Waals surface area contributed by atoms with Gasteiger partial charge in [0.2, 0.25) is 0 Å². The van der Waals surface area contributed by atoms with Crippen LogP contribution in [0.15, 0.2) is 54.6 Å². The monoisotopic (exact) mass is 297 g/mol. The molecule has 22 heavy (non-hydrogen) atoms. The molecule has 2 aromatic rings. The molecule has 0 spiro atoms. The molecule has 2 atom stereocenters. The number of benzene rings is 2. The lowest BCUT2D eigenvalue weighted by molar-refractivity contribution is -0.127. The average molecular weight is 297 g/mol. The largest absolute Gasteiger partial charge is 0.481 e. The number of aryl methyl sites for hydroxylation is 1. The Morgan fingerprint density at radius 1 is 1.09 bits per heavy atom. The number of rotatable bonds is 6. The van der Waals surface area contributed by atoms with E-state index in [4.69, 9.17) is 4.74 Å². The molecule has 1 N–H and O–H groups in total. The Labute approximate surface area is 132 Å². The van der Waals surface area contributed by atoms with Gasteiger partial charge in [-0.2, -0.15) is 0 Å². The number of carbonyl (C=O) groups excluding carboxylic acids is 1. The van der Waals surface area contributed by atoms with Crippen molar-refractivity contribution in [3.8, 4) is 5.75 Å². The second-order valence-corrected chi connectivity index (χ2v) is 5.63. The summed E-state index contributed by atoms with van der Waals surface area (Å²) in [5.41, 5.74) is 2.33. The number of carbonyl (C=O) groups is 1. The molecule has 2 unspecified atom stereocenters. The molecule has 2 rings (SSSR count). The zero-order valence-corrected chi connectivity index (χ0v) is 13.4. The fourth-order valence-electron chi connectivity index (χ4n) is 2.24. The minimum Gasteiger partial charge on any atom is -0.481 e. The highest BCUT2D eigenvalue weighted by Gasteiger charge is 2.15. The van der Waals surface area contributed by atoms with Crippen molar-refractivity contribution < 1.29 is 9.53 Å². The smallest absolute Gasteiger partial charge is 0.260 e. The molecule has 0 aliphatic rings. The number of hydrogen-bond acceptors (Lipinski definition) is 2. The molecule has 0 heterocycles. The molecule has 2 aromatic carbocycles. The number of hydrogen-bond donors (Lipinski definition) is 1. The van der Waals surface area contributed by atoms with Gasteiger partial charge < -0.3 is 10.1 Å². The quantitative estimate of drug-likeness (QED) is 0.883. The molecule has 0 aliphatic carbocycles. The second kappa shape index (κ2) is 7.64. The van der Waals surface area contributed by atoms with E-state index in [1.54, 1.807) is 6.92 Å². The van der Waals surface area contributed by atoms with Gasteiger partial charge in [0.05, 0.1) is 0 Å². The molecular weight excluding hydrogens is 274 g/mol. The van der Waals surface area contributed by atoms with E-state index < -0.39 is 6.10 Å². The fourth-order valence-corrected chi connectivity index (χ4v) is 2.24. The van der Waals surface area contributed by atoms with E-state index in [1.807, 2.05) is 49.4 Å². The van der Waals surface area contributed by atoms with E-state index in [1.165, 1.54) is 5.56 Å². The lowest BCUT2D eigenvalue weighted by Gasteiger charge is -2.17. The lowest BCUT2D eigenvalue weighted by Crippen LogP contribution is -2.38. The van der Waals surface area contributed by atoms with Crippen LogP contribution < -0.4 is 10.1 Å². The summed E-state index contributed by atoms with van der Waals surface area (Å²) in [7, 11) is 0. The molecule has 0 saturated carbocycles. The third-order valence-corrected chi connectivity index (χ3v) is 3.62. The van der Waals surface area contributed by atoms with Crippen molar-refractivity contribution in [1.82, 2.24) is 5.32 Å². The maximum Gasteiger partial charge on any atom is 0.260 e. The predicted molar refractivity (Wildman–Crippen MR) is 89.1 cm³/mol. The maximum absolute atomic E-state index is 12.1. The minimum absolute atomic E-state index is 0.0933. The third kappa shape index (κ3) is 4.62. The summed E-state index contributed by atoms with van der Waals surface area (Å²) in [6.45, 7) is 6.47. The molecule has 0 saturated heterocycles. The molecule has 0 aliphatic heterocycles. The van der Waals surface area contributed by atoms with Crippen molar-refractivity contribution in [2.45, 2.75) is 32.8 Å². The van der Waals surface area contributed by atoms with Gasteiger partial charge in [-0.3, -0.25) is 4.79 Å². The Kier molecular flexibility index (Phi) is 5.59. The summed E-state index contributed by atoms with van der Waals surface area (Å²) in [6.07, 6.45) is -0.509. The van der Waals surface area contributed by atoms with Crippen molar-refractivity contribution in [3.05, 3.63) is 65.7 Å². The van der Waals surface area contributed by atoms with Crippen LogP contribution >= 0.6 is 0 Å². The van der Waals surface area contributed by atoms with Gasteiger partial charge in [-0.05, 0) is 43.0 Å². The Bertz CT molecular complexity index is 610. The van der Waals surface area contributed by atoms with Crippen molar-refractivity contribution >= 4 is 5.91 Å². The first-order valence-electron chi connectivity index (χ1n) is 7.62. The van der Waals surface area contributed by atoms with Crippen molar-refractivity contribution in [1.29, 1.82) is 0 Å². The topological polar surface area (TPSA) is 38.3 Å². The van der Waals surface area contributed by atoms with Gasteiger partial charge in [0, 0.05) is 6.54 Å². The van der Waals surface area contributed by atoms with E-state index in [0.29, 0.717) is 6.54 Å². The highest BCUT2D eigenvalue weighted by atomic mass is 16.5. The van der Waals surface area contributed by atoms with E-state index >= 15 is 0 Å². The first-order chi connectivity index (χ1) is 10.6. The SMILES string of the molecule is Cc1cccc(OC(C)C(=O)NCC(C)c2ccccc2)c1. The standard InChI is InChI=1S/C19H23NO2/c1-14-8-7-11-18(12-14)22-16(3)19(21)20-13-15(2)17-9-5-4-6-10-17/h4-12,15-16H,13H2,1-3H3,(H,20,21). The number of amides is 1.